The maximum Gasteiger partial charge on any atom is 0.0886 e. The number of halogens is 1. The number of rotatable bonds is 7. The fourth-order valence-electron chi connectivity index (χ4n) is 4.17. The minimum Gasteiger partial charge on any atom is -0.383 e. The van der Waals surface area contributed by atoms with Gasteiger partial charge in [-0.15, -0.1) is 5.10 Å². The Bertz CT molecular complexity index is 1150. The van der Waals surface area contributed by atoms with Crippen LogP contribution in [-0.2, 0) is 6.54 Å². The Morgan fingerprint density at radius 2 is 1.97 bits per heavy atom. The third kappa shape index (κ3) is 5.37. The van der Waals surface area contributed by atoms with E-state index in [-0.39, 0.29) is 0 Å². The standard InChI is InChI=1S/C25H32ClN7/c1-17(2)15-32(5)25-13-24-23(12-21(25)26)27-10-9-22(29-24)18-7-6-8-19(11-18)33-20(14-28-30-33)16-31(3)4/h6-8,11-14,17,27H,9-10,15-16H2,1-5H3. The summed E-state index contributed by atoms with van der Waals surface area (Å²) in [5.74, 6) is 0.541. The third-order valence-electron chi connectivity index (χ3n) is 5.57. The summed E-state index contributed by atoms with van der Waals surface area (Å²) in [6.07, 6.45) is 2.63. The molecule has 4 rings (SSSR count). The van der Waals surface area contributed by atoms with Crippen molar-refractivity contribution in [2.24, 2.45) is 10.9 Å². The summed E-state index contributed by atoms with van der Waals surface area (Å²) in [6, 6.07) is 12.4. The Hall–Kier alpha value is -2.90. The van der Waals surface area contributed by atoms with Gasteiger partial charge in [0.05, 0.1) is 45.4 Å². The molecule has 1 aromatic heterocycles. The van der Waals surface area contributed by atoms with Gasteiger partial charge in [-0.25, -0.2) is 4.68 Å². The minimum atomic E-state index is 0.541. The van der Waals surface area contributed by atoms with Gasteiger partial charge in [-0.3, -0.25) is 4.99 Å². The van der Waals surface area contributed by atoms with Crippen molar-refractivity contribution in [3.05, 3.63) is 58.9 Å². The van der Waals surface area contributed by atoms with Crippen LogP contribution in [0.15, 0.2) is 47.6 Å². The molecule has 7 nitrogen and oxygen atoms in total. The SMILES string of the molecule is CC(C)CN(C)c1cc2c(cc1Cl)NCCC(c1cccc(-n3nncc3CN(C)C)c1)=N2. The van der Waals surface area contributed by atoms with E-state index in [1.54, 1.807) is 0 Å². The number of anilines is 2. The van der Waals surface area contributed by atoms with E-state index in [0.29, 0.717) is 5.92 Å². The van der Waals surface area contributed by atoms with Crippen LogP contribution in [0, 0.1) is 5.92 Å². The fraction of sp³-hybridized carbons (Fsp3) is 0.400. The summed E-state index contributed by atoms with van der Waals surface area (Å²) in [5.41, 5.74) is 7.03. The summed E-state index contributed by atoms with van der Waals surface area (Å²) >= 11 is 6.63. The molecule has 0 radical (unpaired) electrons. The maximum absolute atomic E-state index is 6.63. The van der Waals surface area contributed by atoms with Gasteiger partial charge in [0.15, 0.2) is 0 Å². The fourth-order valence-corrected chi connectivity index (χ4v) is 4.48. The van der Waals surface area contributed by atoms with Gasteiger partial charge in [-0.05, 0) is 49.8 Å². The van der Waals surface area contributed by atoms with Crippen LogP contribution in [0.3, 0.4) is 0 Å². The van der Waals surface area contributed by atoms with E-state index < -0.39 is 0 Å². The molecule has 1 aliphatic rings. The molecule has 0 fully saturated rings. The van der Waals surface area contributed by atoms with Crippen LogP contribution >= 0.6 is 11.6 Å². The highest BCUT2D eigenvalue weighted by Crippen LogP contribution is 2.38. The first-order chi connectivity index (χ1) is 15.8. The molecule has 0 amide bonds. The number of hydrogen-bond donors (Lipinski definition) is 1. The van der Waals surface area contributed by atoms with Gasteiger partial charge in [0.2, 0.25) is 0 Å². The first kappa shape index (κ1) is 23.3. The molecule has 33 heavy (non-hydrogen) atoms. The molecular weight excluding hydrogens is 434 g/mol. The lowest BCUT2D eigenvalue weighted by Gasteiger charge is -2.23. The van der Waals surface area contributed by atoms with Crippen molar-refractivity contribution < 1.29 is 0 Å². The molecule has 0 spiro atoms. The molecule has 0 bridgehead atoms. The van der Waals surface area contributed by atoms with Gasteiger partial charge < -0.3 is 15.1 Å². The highest BCUT2D eigenvalue weighted by molar-refractivity contribution is 6.33. The lowest BCUT2D eigenvalue weighted by molar-refractivity contribution is 0.391. The largest absolute Gasteiger partial charge is 0.383 e. The molecule has 0 saturated carbocycles. The van der Waals surface area contributed by atoms with Crippen LogP contribution in [0.25, 0.3) is 5.69 Å². The Labute approximate surface area is 201 Å². The molecule has 0 atom stereocenters. The molecule has 8 heteroatoms. The van der Waals surface area contributed by atoms with Crippen molar-refractivity contribution in [3.63, 3.8) is 0 Å². The van der Waals surface area contributed by atoms with E-state index in [0.717, 1.165) is 70.8 Å². The summed E-state index contributed by atoms with van der Waals surface area (Å²) in [5, 5.41) is 12.7. The molecule has 174 valence electrons. The first-order valence-corrected chi connectivity index (χ1v) is 11.7. The van der Waals surface area contributed by atoms with Crippen LogP contribution in [0.4, 0.5) is 17.1 Å². The van der Waals surface area contributed by atoms with Crippen molar-refractivity contribution in [1.82, 2.24) is 19.9 Å². The Balaban J connectivity index is 1.70. The average Bonchev–Trinajstić information content (AvgIpc) is 3.10. The van der Waals surface area contributed by atoms with Crippen molar-refractivity contribution in [2.45, 2.75) is 26.8 Å². The van der Waals surface area contributed by atoms with Gasteiger partial charge in [0, 0.05) is 33.1 Å². The third-order valence-corrected chi connectivity index (χ3v) is 5.87. The van der Waals surface area contributed by atoms with E-state index >= 15 is 0 Å². The lowest BCUT2D eigenvalue weighted by atomic mass is 10.1. The average molecular weight is 466 g/mol. The molecule has 0 saturated heterocycles. The van der Waals surface area contributed by atoms with Crippen molar-refractivity contribution in [1.29, 1.82) is 0 Å². The van der Waals surface area contributed by atoms with Crippen LogP contribution in [-0.4, -0.2) is 59.8 Å². The maximum atomic E-state index is 6.63. The number of aliphatic imine (C=N–C) groups is 1. The smallest absolute Gasteiger partial charge is 0.0886 e. The zero-order chi connectivity index (χ0) is 23.5. The summed E-state index contributed by atoms with van der Waals surface area (Å²) < 4.78 is 1.89. The van der Waals surface area contributed by atoms with Crippen molar-refractivity contribution in [3.8, 4) is 5.69 Å². The number of fused-ring (bicyclic) bond motifs is 1. The number of hydrogen-bond acceptors (Lipinski definition) is 6. The Morgan fingerprint density at radius 1 is 1.15 bits per heavy atom. The van der Waals surface area contributed by atoms with Crippen LogP contribution in [0.1, 0.15) is 31.5 Å². The molecule has 2 heterocycles. The van der Waals surface area contributed by atoms with Crippen molar-refractivity contribution >= 4 is 34.4 Å². The first-order valence-electron chi connectivity index (χ1n) is 11.3. The Morgan fingerprint density at radius 3 is 2.73 bits per heavy atom. The minimum absolute atomic E-state index is 0.541. The summed E-state index contributed by atoms with van der Waals surface area (Å²) in [7, 11) is 6.16. The van der Waals surface area contributed by atoms with Gasteiger partial charge >= 0.3 is 0 Å². The second kappa shape index (κ2) is 9.93. The van der Waals surface area contributed by atoms with Gasteiger partial charge in [0.25, 0.3) is 0 Å². The molecule has 1 aliphatic heterocycles. The highest BCUT2D eigenvalue weighted by Gasteiger charge is 2.17. The van der Waals surface area contributed by atoms with E-state index in [1.807, 2.05) is 31.0 Å². The molecule has 0 aliphatic carbocycles. The van der Waals surface area contributed by atoms with E-state index in [2.05, 4.69) is 76.7 Å². The van der Waals surface area contributed by atoms with Crippen LogP contribution < -0.4 is 10.2 Å². The highest BCUT2D eigenvalue weighted by atomic mass is 35.5. The van der Waals surface area contributed by atoms with Gasteiger partial charge in [-0.1, -0.05) is 42.8 Å². The molecule has 0 unspecified atom stereocenters. The summed E-state index contributed by atoms with van der Waals surface area (Å²) in [4.78, 5) is 9.39. The monoisotopic (exact) mass is 465 g/mol. The second-order valence-electron chi connectivity index (χ2n) is 9.26. The van der Waals surface area contributed by atoms with E-state index in [4.69, 9.17) is 16.6 Å². The predicted octanol–water partition coefficient (Wildman–Crippen LogP) is 5.01. The van der Waals surface area contributed by atoms with E-state index in [9.17, 15) is 0 Å². The van der Waals surface area contributed by atoms with Crippen LogP contribution in [0.5, 0.6) is 0 Å². The number of nitrogens with one attached hydrogen (secondary N) is 1. The van der Waals surface area contributed by atoms with Crippen molar-refractivity contribution in [2.75, 3.05) is 44.4 Å². The van der Waals surface area contributed by atoms with Gasteiger partial charge in [-0.2, -0.15) is 0 Å². The number of aromatic nitrogens is 3. The molecule has 1 N–H and O–H groups in total. The lowest BCUT2D eigenvalue weighted by Crippen LogP contribution is -2.22. The normalized spacial score (nSPS) is 13.5. The Kier molecular flexibility index (Phi) is 7.00. The topological polar surface area (TPSA) is 61.6 Å². The molecule has 3 aromatic rings. The quantitative estimate of drug-likeness (QED) is 0.531. The second-order valence-corrected chi connectivity index (χ2v) is 9.66. The number of benzene rings is 2. The summed E-state index contributed by atoms with van der Waals surface area (Å²) in [6.45, 7) is 6.90. The van der Waals surface area contributed by atoms with Crippen LogP contribution in [0.2, 0.25) is 5.02 Å². The van der Waals surface area contributed by atoms with Gasteiger partial charge in [0.1, 0.15) is 0 Å². The molecule has 2 aromatic carbocycles. The zero-order valence-corrected chi connectivity index (χ0v) is 20.8. The molecular formula is C25H32ClN7. The van der Waals surface area contributed by atoms with E-state index in [1.165, 1.54) is 0 Å². The predicted molar refractivity (Wildman–Crippen MR) is 138 cm³/mol. The zero-order valence-electron chi connectivity index (χ0n) is 20.0. The number of nitrogens with zero attached hydrogens (tertiary/aromatic N) is 6.